The molecule has 0 aliphatic carbocycles. The molecule has 1 N–H and O–H groups in total. The fraction of sp³-hybridized carbons (Fsp3) is 0.654. The summed E-state index contributed by atoms with van der Waals surface area (Å²) in [5, 5.41) is 9.82. The van der Waals surface area contributed by atoms with Crippen molar-refractivity contribution in [2.75, 3.05) is 112 Å². The second-order valence-corrected chi connectivity index (χ2v) is 8.66. The second-order valence-electron chi connectivity index (χ2n) is 8.66. The minimum atomic E-state index is 0.236. The number of nitrogens with zero attached hydrogens (tertiary/aromatic N) is 6. The van der Waals surface area contributed by atoms with Crippen molar-refractivity contribution in [3.63, 3.8) is 0 Å². The van der Waals surface area contributed by atoms with Gasteiger partial charge in [0, 0.05) is 68.0 Å². The molecule has 2 aromatic rings. The molecule has 15 nitrogen and oxygen atoms in total. The molecule has 41 heavy (non-hydrogen) atoms. The highest BCUT2D eigenvalue weighted by Gasteiger charge is 2.20. The molecule has 0 unspecified atom stereocenters. The highest BCUT2D eigenvalue weighted by atomic mass is 16.5. The van der Waals surface area contributed by atoms with Crippen molar-refractivity contribution in [1.82, 2.24) is 15.0 Å². The lowest BCUT2D eigenvalue weighted by atomic mass is 10.1. The first-order chi connectivity index (χ1) is 19.8. The van der Waals surface area contributed by atoms with Crippen molar-refractivity contribution in [3.8, 4) is 5.75 Å². The van der Waals surface area contributed by atoms with E-state index >= 15 is 0 Å². The van der Waals surface area contributed by atoms with Gasteiger partial charge in [0.15, 0.2) is 0 Å². The molecule has 0 amide bonds. The third-order valence-electron chi connectivity index (χ3n) is 5.17. The Balaban J connectivity index is 0.000000502. The van der Waals surface area contributed by atoms with Crippen LogP contribution in [0.1, 0.15) is 16.7 Å². The van der Waals surface area contributed by atoms with Gasteiger partial charge in [-0.2, -0.15) is 15.0 Å². The number of aromatic nitrogens is 3. The van der Waals surface area contributed by atoms with E-state index in [-0.39, 0.29) is 46.1 Å². The highest BCUT2D eigenvalue weighted by molar-refractivity contribution is 5.46. The summed E-state index contributed by atoms with van der Waals surface area (Å²) in [6, 6.07) is 3.83. The molecule has 0 atom stereocenters. The van der Waals surface area contributed by atoms with E-state index in [1.54, 1.807) is 71.6 Å². The summed E-state index contributed by atoms with van der Waals surface area (Å²) in [7, 11) is 12.7. The van der Waals surface area contributed by atoms with Crippen LogP contribution in [0, 0.1) is 6.92 Å². The van der Waals surface area contributed by atoms with Crippen molar-refractivity contribution in [3.05, 3.63) is 28.8 Å². The number of anilines is 3. The molecule has 0 aliphatic heterocycles. The predicted molar refractivity (Wildman–Crippen MR) is 153 cm³/mol. The topological polar surface area (TPSA) is 142 Å². The number of phenolic OH excluding ortho intramolecular Hbond substituents is 1. The standard InChI is InChI=1S/C15H30N6O6.C11H16O3/c1-22-7-19(8-23-2)13-16-14(20(9-24-3)10-25-4)18-15(17-13)21(11-26-5)12-27-6;1-8-4-9(6-13-2)11(12)10(5-8)7-14-3/h7-12H2,1-6H3;4-5,12H,6-7H2,1-3H3. The van der Waals surface area contributed by atoms with Gasteiger partial charge in [-0.15, -0.1) is 0 Å². The van der Waals surface area contributed by atoms with Gasteiger partial charge in [0.1, 0.15) is 46.1 Å². The third-order valence-corrected chi connectivity index (χ3v) is 5.17. The summed E-state index contributed by atoms with van der Waals surface area (Å²) >= 11 is 0. The van der Waals surface area contributed by atoms with Gasteiger partial charge < -0.3 is 43.0 Å². The monoisotopic (exact) mass is 586 g/mol. The van der Waals surface area contributed by atoms with E-state index in [1.165, 1.54) is 0 Å². The van der Waals surface area contributed by atoms with Crippen LogP contribution in [0.3, 0.4) is 0 Å². The minimum absolute atomic E-state index is 0.236. The Labute approximate surface area is 242 Å². The van der Waals surface area contributed by atoms with Crippen LogP contribution in [0.5, 0.6) is 5.75 Å². The molecule has 0 fully saturated rings. The quantitative estimate of drug-likeness (QED) is 0.239. The Hall–Kier alpha value is -2.89. The van der Waals surface area contributed by atoms with Crippen LogP contribution in [-0.2, 0) is 51.1 Å². The summed E-state index contributed by atoms with van der Waals surface area (Å²) in [5.74, 6) is 1.38. The van der Waals surface area contributed by atoms with Crippen LogP contribution in [0.4, 0.5) is 17.8 Å². The molecular formula is C26H46N6O9. The van der Waals surface area contributed by atoms with Gasteiger partial charge in [-0.05, 0) is 6.92 Å². The first-order valence-electron chi connectivity index (χ1n) is 12.6. The molecule has 234 valence electrons. The molecule has 1 aromatic heterocycles. The fourth-order valence-corrected chi connectivity index (χ4v) is 3.63. The van der Waals surface area contributed by atoms with Crippen molar-refractivity contribution in [1.29, 1.82) is 0 Å². The molecule has 1 aromatic carbocycles. The summed E-state index contributed by atoms with van der Waals surface area (Å²) in [5.41, 5.74) is 2.71. The van der Waals surface area contributed by atoms with Gasteiger partial charge in [-0.25, -0.2) is 0 Å². The normalized spacial score (nSPS) is 10.8. The highest BCUT2D eigenvalue weighted by Crippen LogP contribution is 2.25. The molecule has 0 bridgehead atoms. The van der Waals surface area contributed by atoms with Crippen LogP contribution >= 0.6 is 0 Å². The number of hydrogen-bond donors (Lipinski definition) is 1. The molecule has 0 saturated heterocycles. The van der Waals surface area contributed by atoms with Gasteiger partial charge in [-0.3, -0.25) is 14.7 Å². The number of ether oxygens (including phenoxy) is 8. The largest absolute Gasteiger partial charge is 0.507 e. The number of methoxy groups -OCH3 is 8. The number of rotatable bonds is 19. The van der Waals surface area contributed by atoms with E-state index in [1.807, 2.05) is 19.1 Å². The molecule has 1 heterocycles. The summed E-state index contributed by atoms with van der Waals surface area (Å²) in [6.07, 6.45) is 0. The molecular weight excluding hydrogens is 540 g/mol. The number of hydrogen-bond acceptors (Lipinski definition) is 15. The Kier molecular flexibility index (Phi) is 18.4. The molecule has 0 aliphatic rings. The predicted octanol–water partition coefficient (Wildman–Crippen LogP) is 1.91. The maximum Gasteiger partial charge on any atom is 0.235 e. The third kappa shape index (κ3) is 12.2. The number of aromatic hydroxyl groups is 1. The van der Waals surface area contributed by atoms with Gasteiger partial charge in [0.25, 0.3) is 0 Å². The van der Waals surface area contributed by atoms with E-state index in [9.17, 15) is 5.11 Å². The molecule has 0 radical (unpaired) electrons. The lowest BCUT2D eigenvalue weighted by Crippen LogP contribution is -2.36. The zero-order valence-electron chi connectivity index (χ0n) is 25.7. The van der Waals surface area contributed by atoms with E-state index in [4.69, 9.17) is 37.9 Å². The number of aryl methyl sites for hydroxylation is 1. The Bertz CT molecular complexity index is 860. The lowest BCUT2D eigenvalue weighted by molar-refractivity contribution is 0.134. The second kappa shape index (κ2) is 20.9. The van der Waals surface area contributed by atoms with Gasteiger partial charge in [0.2, 0.25) is 17.8 Å². The SMILES string of the molecule is COCN(COC)c1nc(N(COC)COC)nc(N(COC)COC)n1.COCc1cc(C)cc(COC)c1O. The first-order valence-corrected chi connectivity index (χ1v) is 12.6. The van der Waals surface area contributed by atoms with Crippen molar-refractivity contribution >= 4 is 17.8 Å². The molecule has 0 spiro atoms. The van der Waals surface area contributed by atoms with Crippen LogP contribution in [-0.4, -0.2) is 117 Å². The van der Waals surface area contributed by atoms with Gasteiger partial charge in [-0.1, -0.05) is 17.7 Å². The average molecular weight is 587 g/mol. The Morgan fingerprint density at radius 2 is 0.780 bits per heavy atom. The Morgan fingerprint density at radius 3 is 1.00 bits per heavy atom. The molecule has 0 saturated carbocycles. The maximum absolute atomic E-state index is 9.82. The lowest BCUT2D eigenvalue weighted by Gasteiger charge is -2.27. The maximum atomic E-state index is 9.82. The van der Waals surface area contributed by atoms with E-state index < -0.39 is 0 Å². The van der Waals surface area contributed by atoms with Crippen molar-refractivity contribution in [2.45, 2.75) is 20.1 Å². The summed E-state index contributed by atoms with van der Waals surface area (Å²) in [4.78, 5) is 18.7. The average Bonchev–Trinajstić information content (AvgIpc) is 2.95. The van der Waals surface area contributed by atoms with Gasteiger partial charge >= 0.3 is 0 Å². The van der Waals surface area contributed by atoms with Crippen LogP contribution in [0.15, 0.2) is 12.1 Å². The number of phenols is 1. The summed E-state index contributed by atoms with van der Waals surface area (Å²) in [6.45, 7) is 4.24. The summed E-state index contributed by atoms with van der Waals surface area (Å²) < 4.78 is 41.3. The van der Waals surface area contributed by atoms with Crippen LogP contribution in [0.25, 0.3) is 0 Å². The van der Waals surface area contributed by atoms with Crippen molar-refractivity contribution < 1.29 is 43.0 Å². The van der Waals surface area contributed by atoms with Crippen LogP contribution < -0.4 is 14.7 Å². The zero-order chi connectivity index (χ0) is 30.6. The van der Waals surface area contributed by atoms with E-state index in [0.717, 1.165) is 16.7 Å². The van der Waals surface area contributed by atoms with E-state index in [0.29, 0.717) is 31.1 Å². The zero-order valence-corrected chi connectivity index (χ0v) is 25.7. The molecule has 2 rings (SSSR count). The van der Waals surface area contributed by atoms with Crippen LogP contribution in [0.2, 0.25) is 0 Å². The fourth-order valence-electron chi connectivity index (χ4n) is 3.63. The molecule has 15 heteroatoms. The number of benzene rings is 1. The minimum Gasteiger partial charge on any atom is -0.507 e. The first kappa shape index (κ1) is 36.1. The van der Waals surface area contributed by atoms with Crippen molar-refractivity contribution in [2.24, 2.45) is 0 Å². The smallest absolute Gasteiger partial charge is 0.235 e. The Morgan fingerprint density at radius 1 is 0.512 bits per heavy atom. The van der Waals surface area contributed by atoms with E-state index in [2.05, 4.69) is 15.0 Å². The van der Waals surface area contributed by atoms with Gasteiger partial charge in [0.05, 0.1) is 13.2 Å².